The van der Waals surface area contributed by atoms with Gasteiger partial charge in [0.05, 0.1) is 11.2 Å². The molecule has 0 bridgehead atoms. The van der Waals surface area contributed by atoms with Crippen molar-refractivity contribution in [1.29, 1.82) is 0 Å². The smallest absolute Gasteiger partial charge is 0.271 e. The van der Waals surface area contributed by atoms with Gasteiger partial charge in [0.2, 0.25) is 5.95 Å². The summed E-state index contributed by atoms with van der Waals surface area (Å²) in [4.78, 5) is 26.2. The van der Waals surface area contributed by atoms with Gasteiger partial charge in [-0.25, -0.2) is 9.97 Å². The molecule has 154 valence electrons. The van der Waals surface area contributed by atoms with Gasteiger partial charge in [-0.3, -0.25) is 9.69 Å². The molecule has 0 saturated carbocycles. The van der Waals surface area contributed by atoms with E-state index in [1.165, 1.54) is 5.56 Å². The molecule has 0 radical (unpaired) electrons. The van der Waals surface area contributed by atoms with Gasteiger partial charge in [0, 0.05) is 38.3 Å². The van der Waals surface area contributed by atoms with E-state index in [1.54, 1.807) is 6.20 Å². The van der Waals surface area contributed by atoms with Crippen molar-refractivity contribution in [3.05, 3.63) is 52.8 Å². The maximum atomic E-state index is 12.8. The van der Waals surface area contributed by atoms with Crippen LogP contribution >= 0.6 is 11.6 Å². The Morgan fingerprint density at radius 1 is 1.14 bits per heavy atom. The van der Waals surface area contributed by atoms with Crippen molar-refractivity contribution in [2.45, 2.75) is 44.7 Å². The monoisotopic (exact) mass is 413 g/mol. The van der Waals surface area contributed by atoms with E-state index in [1.807, 2.05) is 6.07 Å². The molecule has 1 aromatic carbocycles. The number of anilines is 1. The molecule has 3 heterocycles. The van der Waals surface area contributed by atoms with Crippen LogP contribution in [0.2, 0.25) is 5.02 Å². The van der Waals surface area contributed by atoms with Crippen molar-refractivity contribution in [1.82, 2.24) is 20.2 Å². The number of rotatable bonds is 5. The van der Waals surface area contributed by atoms with Gasteiger partial charge in [0.25, 0.3) is 5.91 Å². The van der Waals surface area contributed by atoms with Crippen LogP contribution in [0.1, 0.15) is 54.7 Å². The van der Waals surface area contributed by atoms with Crippen molar-refractivity contribution in [2.75, 3.05) is 31.1 Å². The van der Waals surface area contributed by atoms with Gasteiger partial charge in [-0.2, -0.15) is 0 Å². The Hall–Kier alpha value is -2.18. The average molecular weight is 414 g/mol. The highest BCUT2D eigenvalue weighted by molar-refractivity contribution is 6.33. The Morgan fingerprint density at radius 3 is 2.52 bits per heavy atom. The maximum Gasteiger partial charge on any atom is 0.271 e. The van der Waals surface area contributed by atoms with Gasteiger partial charge in [-0.1, -0.05) is 41.9 Å². The highest BCUT2D eigenvalue weighted by Crippen LogP contribution is 2.25. The fraction of sp³-hybridized carbons (Fsp3) is 0.500. The minimum atomic E-state index is -0.201. The first-order valence-electron chi connectivity index (χ1n) is 10.5. The van der Waals surface area contributed by atoms with E-state index in [0.29, 0.717) is 17.0 Å². The number of nitrogens with one attached hydrogen (secondary N) is 1. The number of likely N-dealkylation sites (tertiary alicyclic amines) is 1. The van der Waals surface area contributed by atoms with Crippen LogP contribution in [0.4, 0.5) is 5.95 Å². The van der Waals surface area contributed by atoms with Gasteiger partial charge in [-0.05, 0) is 38.2 Å². The minimum absolute atomic E-state index is 0.142. The summed E-state index contributed by atoms with van der Waals surface area (Å²) in [5.41, 5.74) is 1.61. The summed E-state index contributed by atoms with van der Waals surface area (Å²) in [5, 5.41) is 3.44. The molecule has 2 aliphatic rings. The average Bonchev–Trinajstić information content (AvgIpc) is 3.29. The third-order valence-corrected chi connectivity index (χ3v) is 6.31. The van der Waals surface area contributed by atoms with Crippen LogP contribution in [0.25, 0.3) is 0 Å². The summed E-state index contributed by atoms with van der Waals surface area (Å²) < 4.78 is 0. The lowest BCUT2D eigenvalue weighted by Gasteiger charge is -2.36. The molecule has 6 nitrogen and oxygen atoms in total. The maximum absolute atomic E-state index is 12.8. The Kier molecular flexibility index (Phi) is 6.31. The van der Waals surface area contributed by atoms with Crippen LogP contribution in [0.3, 0.4) is 0 Å². The molecule has 2 fully saturated rings. The molecule has 4 rings (SSSR count). The van der Waals surface area contributed by atoms with Crippen LogP contribution in [-0.4, -0.2) is 53.0 Å². The number of halogens is 1. The number of nitrogens with zero attached hydrogens (tertiary/aromatic N) is 4. The molecule has 1 unspecified atom stereocenters. The number of carbonyl (C=O) groups is 1. The molecule has 1 atom stereocenters. The predicted molar refractivity (Wildman–Crippen MR) is 115 cm³/mol. The normalized spacial score (nSPS) is 19.3. The van der Waals surface area contributed by atoms with Gasteiger partial charge in [0.15, 0.2) is 5.69 Å². The molecule has 7 heteroatoms. The lowest BCUT2D eigenvalue weighted by Crippen LogP contribution is -2.45. The van der Waals surface area contributed by atoms with Crippen LogP contribution in [-0.2, 0) is 0 Å². The van der Waals surface area contributed by atoms with E-state index in [2.05, 4.69) is 56.3 Å². The minimum Gasteiger partial charge on any atom is -0.348 e. The molecule has 2 aromatic rings. The third kappa shape index (κ3) is 4.70. The van der Waals surface area contributed by atoms with E-state index in [-0.39, 0.29) is 17.6 Å². The van der Waals surface area contributed by atoms with E-state index < -0.39 is 0 Å². The number of hydrogen-bond donors (Lipinski definition) is 1. The molecule has 0 aliphatic carbocycles. The molecule has 0 spiro atoms. The lowest BCUT2D eigenvalue weighted by molar-refractivity contribution is 0.0891. The van der Waals surface area contributed by atoms with Crippen molar-refractivity contribution < 1.29 is 4.79 Å². The zero-order chi connectivity index (χ0) is 20.2. The second kappa shape index (κ2) is 9.09. The first-order chi connectivity index (χ1) is 14.1. The second-order valence-electron chi connectivity index (χ2n) is 7.93. The molecule has 29 heavy (non-hydrogen) atoms. The SMILES string of the molecule is CC(c1ccccc1)N1CCC(NC(=O)c2nc(N3CCCC3)ncc2Cl)CC1. The highest BCUT2D eigenvalue weighted by atomic mass is 35.5. The summed E-state index contributed by atoms with van der Waals surface area (Å²) in [5.74, 6) is 0.399. The Labute approximate surface area is 177 Å². The van der Waals surface area contributed by atoms with Crippen molar-refractivity contribution in [3.63, 3.8) is 0 Å². The summed E-state index contributed by atoms with van der Waals surface area (Å²) >= 11 is 6.24. The number of amides is 1. The van der Waals surface area contributed by atoms with Crippen molar-refractivity contribution >= 4 is 23.5 Å². The fourth-order valence-corrected chi connectivity index (χ4v) is 4.39. The Bertz CT molecular complexity index is 832. The zero-order valence-corrected chi connectivity index (χ0v) is 17.6. The molecular weight excluding hydrogens is 386 g/mol. The summed E-state index contributed by atoms with van der Waals surface area (Å²) in [7, 11) is 0. The lowest BCUT2D eigenvalue weighted by atomic mass is 10.00. The van der Waals surface area contributed by atoms with Crippen LogP contribution in [0.15, 0.2) is 36.5 Å². The van der Waals surface area contributed by atoms with Crippen molar-refractivity contribution in [3.8, 4) is 0 Å². The highest BCUT2D eigenvalue weighted by Gasteiger charge is 2.26. The largest absolute Gasteiger partial charge is 0.348 e. The van der Waals surface area contributed by atoms with Crippen LogP contribution in [0, 0.1) is 0 Å². The third-order valence-electron chi connectivity index (χ3n) is 6.03. The molecule has 2 saturated heterocycles. The summed E-state index contributed by atoms with van der Waals surface area (Å²) in [6, 6.07) is 11.1. The van der Waals surface area contributed by atoms with E-state index in [0.717, 1.165) is 51.9 Å². The summed E-state index contributed by atoms with van der Waals surface area (Å²) in [6.07, 6.45) is 5.65. The van der Waals surface area contributed by atoms with Crippen LogP contribution < -0.4 is 10.2 Å². The fourth-order valence-electron chi connectivity index (χ4n) is 4.21. The zero-order valence-electron chi connectivity index (χ0n) is 16.9. The number of benzene rings is 1. The standard InChI is InChI=1S/C22H28ClN5O/c1-16(17-7-3-2-4-8-17)27-13-9-18(10-14-27)25-21(29)20-19(23)15-24-22(26-20)28-11-5-6-12-28/h2-4,7-8,15-16,18H,5-6,9-14H2,1H3,(H,25,29). The molecule has 1 aromatic heterocycles. The number of aromatic nitrogens is 2. The number of carbonyl (C=O) groups excluding carboxylic acids is 1. The van der Waals surface area contributed by atoms with E-state index >= 15 is 0 Å². The van der Waals surface area contributed by atoms with Gasteiger partial charge in [-0.15, -0.1) is 0 Å². The Balaban J connectivity index is 1.35. The van der Waals surface area contributed by atoms with Gasteiger partial charge >= 0.3 is 0 Å². The Morgan fingerprint density at radius 2 is 1.83 bits per heavy atom. The quantitative estimate of drug-likeness (QED) is 0.810. The molecule has 1 N–H and O–H groups in total. The van der Waals surface area contributed by atoms with Crippen molar-refractivity contribution in [2.24, 2.45) is 0 Å². The second-order valence-corrected chi connectivity index (χ2v) is 8.34. The number of hydrogen-bond acceptors (Lipinski definition) is 5. The molecule has 2 aliphatic heterocycles. The first kappa shape index (κ1) is 20.1. The topological polar surface area (TPSA) is 61.4 Å². The summed E-state index contributed by atoms with van der Waals surface area (Å²) in [6.45, 7) is 6.02. The van der Waals surface area contributed by atoms with E-state index in [4.69, 9.17) is 11.6 Å². The molecule has 1 amide bonds. The first-order valence-corrected chi connectivity index (χ1v) is 10.9. The van der Waals surface area contributed by atoms with Gasteiger partial charge in [0.1, 0.15) is 0 Å². The van der Waals surface area contributed by atoms with E-state index in [9.17, 15) is 4.79 Å². The predicted octanol–water partition coefficient (Wildman–Crippen LogP) is 3.69. The molecular formula is C22H28ClN5O. The number of piperidine rings is 1. The van der Waals surface area contributed by atoms with Gasteiger partial charge < -0.3 is 10.2 Å². The van der Waals surface area contributed by atoms with Crippen LogP contribution in [0.5, 0.6) is 0 Å².